The molecule has 0 bridgehead atoms. The Balaban J connectivity index is 1.46. The summed E-state index contributed by atoms with van der Waals surface area (Å²) in [4.78, 5) is 22.3. The van der Waals surface area contributed by atoms with E-state index in [2.05, 4.69) is 41.1 Å². The lowest BCUT2D eigenvalue weighted by molar-refractivity contribution is 0.102. The molecule has 0 aliphatic carbocycles. The minimum absolute atomic E-state index is 0.229. The quantitative estimate of drug-likeness (QED) is 0.423. The predicted octanol–water partition coefficient (Wildman–Crippen LogP) is 4.71. The van der Waals surface area contributed by atoms with E-state index < -0.39 is 5.82 Å². The van der Waals surface area contributed by atoms with Crippen LogP contribution in [-0.2, 0) is 6.54 Å². The topological polar surface area (TPSA) is 70.7 Å². The standard InChI is InChI=1S/C27H34FN7O/c1-6-27(32(4)5)10-12-33(13-11-27)23-9-8-20(24-21(23)17-35(7-2)31-24)26(36)30-19-14-22(28)25-29-18(3)15-34(25)16-19/h8-9,14-17H,6-7,10-13H2,1-5H3,(H,30,36). The Kier molecular flexibility index (Phi) is 6.20. The highest BCUT2D eigenvalue weighted by Gasteiger charge is 2.35. The van der Waals surface area contributed by atoms with Crippen LogP contribution in [0.2, 0.25) is 0 Å². The Morgan fingerprint density at radius 2 is 1.92 bits per heavy atom. The highest BCUT2D eigenvalue weighted by molar-refractivity contribution is 6.13. The average molecular weight is 492 g/mol. The molecule has 3 aromatic heterocycles. The number of nitrogens with one attached hydrogen (secondary N) is 1. The lowest BCUT2D eigenvalue weighted by Gasteiger charge is -2.46. The number of piperidine rings is 1. The number of rotatable bonds is 6. The third-order valence-corrected chi connectivity index (χ3v) is 7.80. The molecule has 36 heavy (non-hydrogen) atoms. The molecule has 4 aromatic rings. The lowest BCUT2D eigenvalue weighted by Crippen LogP contribution is -2.52. The first kappa shape index (κ1) is 24.2. The summed E-state index contributed by atoms with van der Waals surface area (Å²) < 4.78 is 18.0. The number of pyridine rings is 1. The molecule has 190 valence electrons. The van der Waals surface area contributed by atoms with E-state index in [9.17, 15) is 9.18 Å². The van der Waals surface area contributed by atoms with Crippen molar-refractivity contribution >= 4 is 33.8 Å². The zero-order valence-corrected chi connectivity index (χ0v) is 21.7. The van der Waals surface area contributed by atoms with Gasteiger partial charge in [0.2, 0.25) is 0 Å². The number of benzene rings is 1. The Morgan fingerprint density at radius 1 is 1.17 bits per heavy atom. The van der Waals surface area contributed by atoms with Gasteiger partial charge in [-0.2, -0.15) is 5.10 Å². The van der Waals surface area contributed by atoms with E-state index in [1.54, 1.807) is 23.7 Å². The molecule has 1 fully saturated rings. The minimum atomic E-state index is -0.484. The van der Waals surface area contributed by atoms with Crippen molar-refractivity contribution in [2.24, 2.45) is 0 Å². The normalized spacial score (nSPS) is 15.8. The molecular formula is C27H34FN7O. The average Bonchev–Trinajstić information content (AvgIpc) is 3.46. The van der Waals surface area contributed by atoms with Gasteiger partial charge in [0, 0.05) is 60.9 Å². The van der Waals surface area contributed by atoms with Crippen LogP contribution in [0.15, 0.2) is 36.8 Å². The van der Waals surface area contributed by atoms with Crippen LogP contribution in [0.1, 0.15) is 49.2 Å². The van der Waals surface area contributed by atoms with E-state index in [1.165, 1.54) is 6.07 Å². The number of nitrogens with zero attached hydrogens (tertiary/aromatic N) is 6. The summed E-state index contributed by atoms with van der Waals surface area (Å²) in [5.74, 6) is -0.803. The second-order valence-electron chi connectivity index (χ2n) is 9.98. The van der Waals surface area contributed by atoms with Crippen molar-refractivity contribution in [1.29, 1.82) is 0 Å². The molecule has 4 heterocycles. The number of fused-ring (bicyclic) bond motifs is 2. The van der Waals surface area contributed by atoms with Crippen molar-refractivity contribution in [3.8, 4) is 0 Å². The van der Waals surface area contributed by atoms with Crippen LogP contribution in [0.3, 0.4) is 0 Å². The van der Waals surface area contributed by atoms with Crippen LogP contribution >= 0.6 is 0 Å². The Morgan fingerprint density at radius 3 is 2.58 bits per heavy atom. The number of carbonyl (C=O) groups is 1. The van der Waals surface area contributed by atoms with E-state index in [0.717, 1.165) is 43.4 Å². The number of hydrogen-bond acceptors (Lipinski definition) is 5. The number of amides is 1. The first-order valence-corrected chi connectivity index (χ1v) is 12.6. The Bertz CT molecular complexity index is 1430. The maximum absolute atomic E-state index is 14.5. The maximum atomic E-state index is 14.5. The Hall–Kier alpha value is -3.46. The first-order valence-electron chi connectivity index (χ1n) is 12.6. The molecule has 1 aliphatic heterocycles. The summed E-state index contributed by atoms with van der Waals surface area (Å²) >= 11 is 0. The SMILES string of the molecule is CCn1cc2c(N3CCC(CC)(N(C)C)CC3)ccc(C(=O)Nc3cc(F)c4nc(C)cn4c3)c2n1. The smallest absolute Gasteiger partial charge is 0.257 e. The number of imidazole rings is 1. The second kappa shape index (κ2) is 9.20. The van der Waals surface area contributed by atoms with E-state index in [0.29, 0.717) is 29.0 Å². The molecule has 5 rings (SSSR count). The summed E-state index contributed by atoms with van der Waals surface area (Å²) in [6.45, 7) is 8.71. The summed E-state index contributed by atoms with van der Waals surface area (Å²) in [6.07, 6.45) is 8.72. The van der Waals surface area contributed by atoms with Crippen LogP contribution in [-0.4, -0.2) is 62.7 Å². The van der Waals surface area contributed by atoms with Crippen molar-refractivity contribution in [3.05, 3.63) is 53.9 Å². The van der Waals surface area contributed by atoms with Crippen molar-refractivity contribution in [2.45, 2.75) is 52.1 Å². The van der Waals surface area contributed by atoms with Gasteiger partial charge in [-0.05, 0) is 59.3 Å². The maximum Gasteiger partial charge on any atom is 0.257 e. The van der Waals surface area contributed by atoms with Crippen LogP contribution in [0.4, 0.5) is 15.8 Å². The van der Waals surface area contributed by atoms with Crippen molar-refractivity contribution in [1.82, 2.24) is 24.1 Å². The third-order valence-electron chi connectivity index (χ3n) is 7.80. The van der Waals surface area contributed by atoms with E-state index in [-0.39, 0.29) is 17.1 Å². The fraction of sp³-hybridized carbons (Fsp3) is 0.444. The van der Waals surface area contributed by atoms with Gasteiger partial charge in [0.15, 0.2) is 11.5 Å². The molecule has 1 amide bonds. The van der Waals surface area contributed by atoms with Gasteiger partial charge in [0.1, 0.15) is 5.52 Å². The number of aryl methyl sites for hydroxylation is 2. The molecule has 1 aliphatic rings. The van der Waals surface area contributed by atoms with E-state index in [4.69, 9.17) is 5.10 Å². The van der Waals surface area contributed by atoms with E-state index >= 15 is 0 Å². The summed E-state index contributed by atoms with van der Waals surface area (Å²) in [7, 11) is 4.35. The van der Waals surface area contributed by atoms with E-state index in [1.807, 2.05) is 29.9 Å². The van der Waals surface area contributed by atoms with Crippen LogP contribution in [0.25, 0.3) is 16.6 Å². The molecular weight excluding hydrogens is 457 g/mol. The summed E-state index contributed by atoms with van der Waals surface area (Å²) in [6, 6.07) is 5.16. The fourth-order valence-electron chi connectivity index (χ4n) is 5.49. The van der Waals surface area contributed by atoms with Gasteiger partial charge in [-0.3, -0.25) is 9.48 Å². The monoisotopic (exact) mass is 491 g/mol. The van der Waals surface area contributed by atoms with Crippen molar-refractivity contribution < 1.29 is 9.18 Å². The van der Waals surface area contributed by atoms with Gasteiger partial charge in [-0.15, -0.1) is 0 Å². The van der Waals surface area contributed by atoms with Gasteiger partial charge >= 0.3 is 0 Å². The van der Waals surface area contributed by atoms with Gasteiger partial charge in [-0.1, -0.05) is 6.92 Å². The third kappa shape index (κ3) is 4.11. The van der Waals surface area contributed by atoms with Gasteiger partial charge < -0.3 is 19.5 Å². The second-order valence-corrected chi connectivity index (χ2v) is 9.98. The minimum Gasteiger partial charge on any atom is -0.371 e. The number of aromatic nitrogens is 4. The largest absolute Gasteiger partial charge is 0.371 e. The molecule has 9 heteroatoms. The number of anilines is 2. The van der Waals surface area contributed by atoms with Crippen LogP contribution in [0.5, 0.6) is 0 Å². The number of hydrogen-bond donors (Lipinski definition) is 1. The molecule has 1 aromatic carbocycles. The van der Waals surface area contributed by atoms with Crippen LogP contribution in [0, 0.1) is 12.7 Å². The Labute approximate surface area is 210 Å². The van der Waals surface area contributed by atoms with Gasteiger partial charge in [0.05, 0.1) is 16.9 Å². The molecule has 8 nitrogen and oxygen atoms in total. The zero-order chi connectivity index (χ0) is 25.6. The molecule has 0 atom stereocenters. The summed E-state index contributed by atoms with van der Waals surface area (Å²) in [5.41, 5.74) is 3.77. The van der Waals surface area contributed by atoms with Crippen LogP contribution < -0.4 is 10.2 Å². The van der Waals surface area contributed by atoms with Crippen molar-refractivity contribution in [2.75, 3.05) is 37.4 Å². The molecule has 0 radical (unpaired) electrons. The zero-order valence-electron chi connectivity index (χ0n) is 21.7. The highest BCUT2D eigenvalue weighted by atomic mass is 19.1. The molecule has 1 N–H and O–H groups in total. The predicted molar refractivity (Wildman–Crippen MR) is 141 cm³/mol. The number of carbonyl (C=O) groups excluding carboxylic acids is 1. The lowest BCUT2D eigenvalue weighted by atomic mass is 9.83. The fourth-order valence-corrected chi connectivity index (χ4v) is 5.49. The molecule has 1 saturated heterocycles. The number of halogens is 1. The highest BCUT2D eigenvalue weighted by Crippen LogP contribution is 2.36. The summed E-state index contributed by atoms with van der Waals surface area (Å²) in [5, 5.41) is 8.54. The van der Waals surface area contributed by atoms with Gasteiger partial charge in [0.25, 0.3) is 5.91 Å². The van der Waals surface area contributed by atoms with Gasteiger partial charge in [-0.25, -0.2) is 9.37 Å². The van der Waals surface area contributed by atoms with Crippen molar-refractivity contribution in [3.63, 3.8) is 0 Å². The molecule has 0 spiro atoms. The molecule has 0 saturated carbocycles. The molecule has 0 unspecified atom stereocenters. The first-order chi connectivity index (χ1) is 17.2.